The van der Waals surface area contributed by atoms with Crippen LogP contribution < -0.4 is 10.0 Å². The maximum atomic E-state index is 12.6. The largest absolute Gasteiger partial charge is 0.416 e. The van der Waals surface area contributed by atoms with Crippen molar-refractivity contribution in [1.29, 1.82) is 0 Å². The lowest BCUT2D eigenvalue weighted by molar-refractivity contribution is -0.137. The van der Waals surface area contributed by atoms with Crippen molar-refractivity contribution in [3.63, 3.8) is 0 Å². The number of hydrogen-bond acceptors (Lipinski definition) is 3. The molecule has 9 heteroatoms. The molecule has 4 nitrogen and oxygen atoms in total. The Balaban J connectivity index is 2.99. The first kappa shape index (κ1) is 17.2. The van der Waals surface area contributed by atoms with Gasteiger partial charge in [-0.15, -0.1) is 0 Å². The molecule has 0 unspecified atom stereocenters. The molecule has 0 atom stereocenters. The van der Waals surface area contributed by atoms with Crippen LogP contribution in [0, 0.1) is 0 Å². The number of sulfonamides is 1. The van der Waals surface area contributed by atoms with Gasteiger partial charge in [0.15, 0.2) is 0 Å². The Kier molecular flexibility index (Phi) is 5.81. The molecule has 0 aromatic heterocycles. The molecule has 0 heterocycles. The Hall–Kier alpha value is -0.830. The maximum absolute atomic E-state index is 12.6. The van der Waals surface area contributed by atoms with Gasteiger partial charge in [-0.2, -0.15) is 13.2 Å². The minimum absolute atomic E-state index is 0.107. The van der Waals surface area contributed by atoms with E-state index in [2.05, 4.69) is 10.0 Å². The lowest BCUT2D eigenvalue weighted by Gasteiger charge is -2.12. The number of nitrogens with one attached hydrogen (secondary N) is 2. The van der Waals surface area contributed by atoms with E-state index in [1.54, 1.807) is 7.05 Å². The number of rotatable bonds is 6. The summed E-state index contributed by atoms with van der Waals surface area (Å²) >= 11 is 5.67. The van der Waals surface area contributed by atoms with Crippen molar-refractivity contribution in [2.75, 3.05) is 20.1 Å². The van der Waals surface area contributed by atoms with E-state index < -0.39 is 26.7 Å². The summed E-state index contributed by atoms with van der Waals surface area (Å²) in [6.07, 6.45) is -4.12. The quantitative estimate of drug-likeness (QED) is 0.787. The van der Waals surface area contributed by atoms with Crippen LogP contribution in [0.25, 0.3) is 0 Å². The Labute approximate surface area is 120 Å². The van der Waals surface area contributed by atoms with Gasteiger partial charge < -0.3 is 5.32 Å². The number of halogens is 4. The molecule has 0 bridgehead atoms. The molecule has 2 N–H and O–H groups in total. The van der Waals surface area contributed by atoms with Gasteiger partial charge in [-0.3, -0.25) is 0 Å². The van der Waals surface area contributed by atoms with Gasteiger partial charge in [0.1, 0.15) is 4.90 Å². The van der Waals surface area contributed by atoms with Gasteiger partial charge in [-0.05, 0) is 38.2 Å². The molecular weight excluding hydrogens is 317 g/mol. The lowest BCUT2D eigenvalue weighted by Crippen LogP contribution is -2.27. The monoisotopic (exact) mass is 330 g/mol. The van der Waals surface area contributed by atoms with Gasteiger partial charge in [-0.1, -0.05) is 11.6 Å². The summed E-state index contributed by atoms with van der Waals surface area (Å²) in [5.74, 6) is 0. The summed E-state index contributed by atoms with van der Waals surface area (Å²) in [6, 6.07) is 2.19. The predicted octanol–water partition coefficient (Wildman–Crippen LogP) is 2.25. The van der Waals surface area contributed by atoms with Crippen LogP contribution in [-0.4, -0.2) is 28.6 Å². The summed E-state index contributed by atoms with van der Waals surface area (Å²) in [5, 5.41) is 2.57. The second kappa shape index (κ2) is 6.75. The average molecular weight is 331 g/mol. The highest BCUT2D eigenvalue weighted by atomic mass is 35.5. The standard InChI is InChI=1S/C11H14ClF3N2O2S/c1-16-5-2-6-17-20(18,19)10-7-8(11(13,14)15)3-4-9(10)12/h3-4,7,16-17H,2,5-6H2,1H3. The van der Waals surface area contributed by atoms with Crippen molar-refractivity contribution in [3.8, 4) is 0 Å². The third-order valence-electron chi connectivity index (χ3n) is 2.44. The van der Waals surface area contributed by atoms with Crippen LogP contribution in [0.3, 0.4) is 0 Å². The molecule has 0 aliphatic rings. The van der Waals surface area contributed by atoms with Gasteiger partial charge in [0.2, 0.25) is 10.0 Å². The SMILES string of the molecule is CNCCCNS(=O)(=O)c1cc(C(F)(F)F)ccc1Cl. The van der Waals surface area contributed by atoms with Crippen molar-refractivity contribution in [1.82, 2.24) is 10.0 Å². The minimum atomic E-state index is -4.62. The summed E-state index contributed by atoms with van der Waals surface area (Å²) in [7, 11) is -2.36. The van der Waals surface area contributed by atoms with E-state index in [0.717, 1.165) is 12.1 Å². The molecule has 0 saturated heterocycles. The molecule has 114 valence electrons. The van der Waals surface area contributed by atoms with Gasteiger partial charge in [0.05, 0.1) is 10.6 Å². The lowest BCUT2D eigenvalue weighted by atomic mass is 10.2. The fourth-order valence-corrected chi connectivity index (χ4v) is 3.03. The van der Waals surface area contributed by atoms with Gasteiger partial charge in [0.25, 0.3) is 0 Å². The number of benzene rings is 1. The second-order valence-electron chi connectivity index (χ2n) is 4.00. The molecule has 1 aromatic carbocycles. The van der Waals surface area contributed by atoms with E-state index in [-0.39, 0.29) is 11.6 Å². The highest BCUT2D eigenvalue weighted by Crippen LogP contribution is 2.33. The van der Waals surface area contributed by atoms with E-state index in [1.807, 2.05) is 0 Å². The van der Waals surface area contributed by atoms with Crippen LogP contribution >= 0.6 is 11.6 Å². The van der Waals surface area contributed by atoms with Crippen LogP contribution in [0.5, 0.6) is 0 Å². The van der Waals surface area contributed by atoms with Crippen LogP contribution in [0.1, 0.15) is 12.0 Å². The summed E-state index contributed by atoms with van der Waals surface area (Å²) in [6.45, 7) is 0.689. The van der Waals surface area contributed by atoms with E-state index in [0.29, 0.717) is 19.0 Å². The first-order chi connectivity index (χ1) is 9.18. The minimum Gasteiger partial charge on any atom is -0.320 e. The zero-order valence-corrected chi connectivity index (χ0v) is 12.2. The Morgan fingerprint density at radius 2 is 1.90 bits per heavy atom. The van der Waals surface area contributed by atoms with E-state index in [4.69, 9.17) is 11.6 Å². The van der Waals surface area contributed by atoms with Gasteiger partial charge in [0, 0.05) is 6.54 Å². The highest BCUT2D eigenvalue weighted by molar-refractivity contribution is 7.89. The van der Waals surface area contributed by atoms with Crippen LogP contribution in [0.2, 0.25) is 5.02 Å². The molecular formula is C11H14ClF3N2O2S. The van der Waals surface area contributed by atoms with Crippen LogP contribution in [0.15, 0.2) is 23.1 Å². The molecule has 1 rings (SSSR count). The molecule has 0 aliphatic heterocycles. The molecule has 20 heavy (non-hydrogen) atoms. The predicted molar refractivity (Wildman–Crippen MR) is 70.2 cm³/mol. The second-order valence-corrected chi connectivity index (χ2v) is 6.14. The zero-order chi connectivity index (χ0) is 15.4. The van der Waals surface area contributed by atoms with E-state index in [1.165, 1.54) is 0 Å². The summed E-state index contributed by atoms with van der Waals surface area (Å²) in [5.41, 5.74) is -1.06. The third-order valence-corrected chi connectivity index (χ3v) is 4.39. The van der Waals surface area contributed by atoms with Gasteiger partial charge in [-0.25, -0.2) is 13.1 Å². The molecule has 0 spiro atoms. The summed E-state index contributed by atoms with van der Waals surface area (Å²) in [4.78, 5) is -0.571. The highest BCUT2D eigenvalue weighted by Gasteiger charge is 2.32. The Morgan fingerprint density at radius 1 is 1.25 bits per heavy atom. The Morgan fingerprint density at radius 3 is 2.45 bits per heavy atom. The molecule has 1 aromatic rings. The molecule has 0 radical (unpaired) electrons. The van der Waals surface area contributed by atoms with Crippen molar-refractivity contribution in [3.05, 3.63) is 28.8 Å². The van der Waals surface area contributed by atoms with Crippen molar-refractivity contribution in [2.45, 2.75) is 17.5 Å². The smallest absolute Gasteiger partial charge is 0.320 e. The molecule has 0 aliphatic carbocycles. The van der Waals surface area contributed by atoms with E-state index >= 15 is 0 Å². The Bertz CT molecular complexity index is 561. The fraction of sp³-hybridized carbons (Fsp3) is 0.455. The summed E-state index contributed by atoms with van der Waals surface area (Å²) < 4.78 is 63.8. The zero-order valence-electron chi connectivity index (χ0n) is 10.6. The van der Waals surface area contributed by atoms with Crippen molar-refractivity contribution >= 4 is 21.6 Å². The first-order valence-electron chi connectivity index (χ1n) is 5.69. The first-order valence-corrected chi connectivity index (χ1v) is 7.55. The normalized spacial score (nSPS) is 12.7. The fourth-order valence-electron chi connectivity index (χ4n) is 1.44. The molecule has 0 saturated carbocycles. The molecule has 0 amide bonds. The number of hydrogen-bond donors (Lipinski definition) is 2. The van der Waals surface area contributed by atoms with Crippen molar-refractivity contribution in [2.24, 2.45) is 0 Å². The molecule has 0 fully saturated rings. The van der Waals surface area contributed by atoms with Crippen LogP contribution in [-0.2, 0) is 16.2 Å². The topological polar surface area (TPSA) is 58.2 Å². The van der Waals surface area contributed by atoms with Crippen LogP contribution in [0.4, 0.5) is 13.2 Å². The third kappa shape index (κ3) is 4.62. The van der Waals surface area contributed by atoms with E-state index in [9.17, 15) is 21.6 Å². The maximum Gasteiger partial charge on any atom is 0.416 e. The van der Waals surface area contributed by atoms with Gasteiger partial charge >= 0.3 is 6.18 Å². The average Bonchev–Trinajstić information content (AvgIpc) is 2.33. The van der Waals surface area contributed by atoms with Crippen molar-refractivity contribution < 1.29 is 21.6 Å². The number of alkyl halides is 3.